The number of methoxy groups -OCH3 is 2. The second-order valence-corrected chi connectivity index (χ2v) is 19.1. The summed E-state index contributed by atoms with van der Waals surface area (Å²) in [6.07, 6.45) is 0.545. The predicted molar refractivity (Wildman–Crippen MR) is 264 cm³/mol. The highest BCUT2D eigenvalue weighted by atomic mass is 16.6. The number of rotatable bonds is 20. The van der Waals surface area contributed by atoms with Gasteiger partial charge in [0.2, 0.25) is 11.7 Å². The Labute approximate surface area is 414 Å². The molecular weight excluding hydrogens is 911 g/mol. The first-order valence-electron chi connectivity index (χ1n) is 23.6. The van der Waals surface area contributed by atoms with Crippen LogP contribution in [0.15, 0.2) is 104 Å². The first-order chi connectivity index (χ1) is 33.8. The normalized spacial score (nSPS) is 15.1. The van der Waals surface area contributed by atoms with Gasteiger partial charge in [-0.1, -0.05) is 73.3 Å². The molecule has 0 unspecified atom stereocenters. The van der Waals surface area contributed by atoms with E-state index in [1.54, 1.807) is 51.1 Å². The number of hydrogen-bond acceptors (Lipinski definition) is 13. The Morgan fingerprint density at radius 3 is 2.13 bits per heavy atom. The van der Waals surface area contributed by atoms with Gasteiger partial charge in [0.15, 0.2) is 11.5 Å². The van der Waals surface area contributed by atoms with E-state index in [1.807, 2.05) is 60.7 Å². The van der Waals surface area contributed by atoms with Gasteiger partial charge in [-0.25, -0.2) is 14.4 Å². The van der Waals surface area contributed by atoms with Crippen LogP contribution in [0.25, 0.3) is 11.1 Å². The van der Waals surface area contributed by atoms with Crippen molar-refractivity contribution in [2.24, 2.45) is 5.41 Å². The lowest BCUT2D eigenvalue weighted by atomic mass is 9.87. The topological polar surface area (TPSA) is 202 Å². The number of esters is 3. The molecule has 0 spiro atoms. The van der Waals surface area contributed by atoms with Gasteiger partial charge in [-0.05, 0) is 124 Å². The SMILES string of the molecule is C=CC(=O)OCC(C)(C)C(=O)C(=O)N1CCCC[C@H]1C(=O)O[C@H](CCc1ccc(OC)c(OC)c1)c1cccc(NC(=O)[C@H](CC(=O)OC(C)(C)C)NC(=O)OCC2c3ccccc3-c3ccccc32)c1. The zero-order valence-corrected chi connectivity index (χ0v) is 41.4. The van der Waals surface area contributed by atoms with Crippen LogP contribution >= 0.6 is 0 Å². The van der Waals surface area contributed by atoms with E-state index in [0.717, 1.165) is 33.9 Å². The van der Waals surface area contributed by atoms with E-state index in [4.69, 9.17) is 28.4 Å². The fourth-order valence-electron chi connectivity index (χ4n) is 8.65. The summed E-state index contributed by atoms with van der Waals surface area (Å²) in [5, 5.41) is 5.39. The molecule has 4 aromatic carbocycles. The number of anilines is 1. The van der Waals surface area contributed by atoms with Gasteiger partial charge in [-0.15, -0.1) is 0 Å². The summed E-state index contributed by atoms with van der Waals surface area (Å²) < 4.78 is 33.6. The number of ether oxygens (including phenoxy) is 6. The van der Waals surface area contributed by atoms with Crippen molar-refractivity contribution >= 4 is 47.3 Å². The van der Waals surface area contributed by atoms with Gasteiger partial charge >= 0.3 is 24.0 Å². The highest BCUT2D eigenvalue weighted by Gasteiger charge is 2.43. The van der Waals surface area contributed by atoms with Crippen molar-refractivity contribution in [3.63, 3.8) is 0 Å². The molecule has 71 heavy (non-hydrogen) atoms. The number of Topliss-reactive ketones (excluding diaryl/α,β-unsaturated/α-hetero) is 1. The third-order valence-corrected chi connectivity index (χ3v) is 12.3. The smallest absolute Gasteiger partial charge is 0.407 e. The van der Waals surface area contributed by atoms with Crippen molar-refractivity contribution in [1.82, 2.24) is 10.2 Å². The maximum Gasteiger partial charge on any atom is 0.407 e. The fraction of sp³-hybridized carbons (Fsp3) is 0.400. The van der Waals surface area contributed by atoms with Gasteiger partial charge in [0.1, 0.15) is 37.0 Å². The Hall–Kier alpha value is -7.49. The summed E-state index contributed by atoms with van der Waals surface area (Å²) in [4.78, 5) is 95.6. The van der Waals surface area contributed by atoms with E-state index >= 15 is 0 Å². The Morgan fingerprint density at radius 1 is 0.803 bits per heavy atom. The molecule has 6 rings (SSSR count). The summed E-state index contributed by atoms with van der Waals surface area (Å²) in [5.41, 5.74) is 3.37. The Bertz CT molecular complexity index is 2590. The largest absolute Gasteiger partial charge is 0.493 e. The van der Waals surface area contributed by atoms with Crippen molar-refractivity contribution in [2.75, 3.05) is 39.3 Å². The molecular formula is C55H63N3O13. The van der Waals surface area contributed by atoms with Gasteiger partial charge < -0.3 is 44.0 Å². The molecule has 1 aliphatic carbocycles. The number of carbonyl (C=O) groups is 7. The van der Waals surface area contributed by atoms with Gasteiger partial charge in [0.05, 0.1) is 26.1 Å². The first kappa shape index (κ1) is 52.9. The zero-order chi connectivity index (χ0) is 51.5. The lowest BCUT2D eigenvalue weighted by Crippen LogP contribution is -2.53. The highest BCUT2D eigenvalue weighted by Crippen LogP contribution is 2.44. The molecule has 1 aliphatic heterocycles. The quantitative estimate of drug-likeness (QED) is 0.0372. The molecule has 2 N–H and O–H groups in total. The fourth-order valence-corrected chi connectivity index (χ4v) is 8.65. The molecule has 3 atom stereocenters. The molecule has 2 aliphatic rings. The second-order valence-electron chi connectivity index (χ2n) is 19.1. The van der Waals surface area contributed by atoms with Crippen molar-refractivity contribution in [3.8, 4) is 22.6 Å². The maximum atomic E-state index is 14.3. The van der Waals surface area contributed by atoms with Crippen LogP contribution in [0.5, 0.6) is 11.5 Å². The Kier molecular flexibility index (Phi) is 17.4. The average Bonchev–Trinajstić information content (AvgIpc) is 3.68. The molecule has 0 bridgehead atoms. The van der Waals surface area contributed by atoms with E-state index in [9.17, 15) is 33.6 Å². The number of piperidine rings is 1. The number of hydrogen-bond donors (Lipinski definition) is 2. The van der Waals surface area contributed by atoms with Gasteiger partial charge in [-0.2, -0.15) is 0 Å². The molecule has 1 fully saturated rings. The standard InChI is InChI=1S/C55H63N3O13/c1-9-47(59)69-33-55(5,6)49(61)51(63)58-28-15-14-23-43(58)52(64)70-44(26-24-34-25-27-45(66-7)46(29-34)67-8)35-17-16-18-36(30-35)56-50(62)42(31-48(60)71-54(2,3)4)57-53(65)68-32-41-39-21-12-10-19-37(39)38-20-11-13-22-40(38)41/h9-13,16-22,25,27,29-30,41-44H,1,14-15,23-24,26,28,31-33H2,2-8H3,(H,56,62)(H,57,65)/t42-,43-,44+/m0/s1. The van der Waals surface area contributed by atoms with Crippen LogP contribution in [0.1, 0.15) is 101 Å². The minimum Gasteiger partial charge on any atom is -0.493 e. The summed E-state index contributed by atoms with van der Waals surface area (Å²) in [6, 6.07) is 25.2. The van der Waals surface area contributed by atoms with Gasteiger partial charge in [-0.3, -0.25) is 19.2 Å². The van der Waals surface area contributed by atoms with Gasteiger partial charge in [0.25, 0.3) is 5.91 Å². The van der Waals surface area contributed by atoms with Crippen LogP contribution in [-0.2, 0) is 54.1 Å². The molecule has 0 radical (unpaired) electrons. The third kappa shape index (κ3) is 13.6. The van der Waals surface area contributed by atoms with Gasteiger partial charge in [0, 0.05) is 24.2 Å². The molecule has 376 valence electrons. The number of fused-ring (bicyclic) bond motifs is 3. The van der Waals surface area contributed by atoms with Crippen LogP contribution in [0.2, 0.25) is 0 Å². The van der Waals surface area contributed by atoms with E-state index in [0.29, 0.717) is 36.3 Å². The van der Waals surface area contributed by atoms with Crippen molar-refractivity contribution < 1.29 is 62.0 Å². The predicted octanol–water partition coefficient (Wildman–Crippen LogP) is 8.20. The van der Waals surface area contributed by atoms with Crippen molar-refractivity contribution in [1.29, 1.82) is 0 Å². The van der Waals surface area contributed by atoms with Crippen LogP contribution in [-0.4, -0.2) is 98.2 Å². The van der Waals surface area contributed by atoms with Crippen molar-refractivity contribution in [2.45, 2.75) is 103 Å². The van der Waals surface area contributed by atoms with E-state index in [-0.39, 0.29) is 44.2 Å². The number of nitrogens with one attached hydrogen (secondary N) is 2. The number of likely N-dealkylation sites (tertiary alicyclic amines) is 1. The summed E-state index contributed by atoms with van der Waals surface area (Å²) in [6.45, 7) is 11.1. The van der Waals surface area contributed by atoms with Crippen LogP contribution < -0.4 is 20.1 Å². The maximum absolute atomic E-state index is 14.3. The number of amides is 3. The molecule has 4 aromatic rings. The van der Waals surface area contributed by atoms with Crippen LogP contribution in [0.4, 0.5) is 10.5 Å². The molecule has 0 saturated carbocycles. The number of carbonyl (C=O) groups excluding carboxylic acids is 7. The number of aryl methyl sites for hydroxylation is 1. The Balaban J connectivity index is 1.22. The molecule has 0 aromatic heterocycles. The highest BCUT2D eigenvalue weighted by molar-refractivity contribution is 6.38. The second kappa shape index (κ2) is 23.4. The minimum absolute atomic E-state index is 0.0274. The number of nitrogens with zero attached hydrogens (tertiary/aromatic N) is 1. The summed E-state index contributed by atoms with van der Waals surface area (Å²) in [7, 11) is 3.05. The van der Waals surface area contributed by atoms with Crippen LogP contribution in [0.3, 0.4) is 0 Å². The zero-order valence-electron chi connectivity index (χ0n) is 41.4. The van der Waals surface area contributed by atoms with Crippen LogP contribution in [0, 0.1) is 5.41 Å². The van der Waals surface area contributed by atoms with E-state index in [1.165, 1.54) is 33.0 Å². The number of benzene rings is 4. The first-order valence-corrected chi connectivity index (χ1v) is 23.6. The minimum atomic E-state index is -1.43. The average molecular weight is 974 g/mol. The van der Waals surface area contributed by atoms with Crippen molar-refractivity contribution in [3.05, 3.63) is 126 Å². The van der Waals surface area contributed by atoms with E-state index < -0.39 is 77.2 Å². The third-order valence-electron chi connectivity index (χ3n) is 12.3. The molecule has 1 saturated heterocycles. The molecule has 16 heteroatoms. The number of ketones is 1. The molecule has 3 amide bonds. The lowest BCUT2D eigenvalue weighted by Gasteiger charge is -2.36. The lowest BCUT2D eigenvalue weighted by molar-refractivity contribution is -0.165. The van der Waals surface area contributed by atoms with E-state index in [2.05, 4.69) is 17.2 Å². The Morgan fingerprint density at radius 2 is 1.48 bits per heavy atom. The molecule has 16 nitrogen and oxygen atoms in total. The summed E-state index contributed by atoms with van der Waals surface area (Å²) >= 11 is 0. The molecule has 1 heterocycles. The number of alkyl carbamates (subject to hydrolysis) is 1. The monoisotopic (exact) mass is 973 g/mol. The summed E-state index contributed by atoms with van der Waals surface area (Å²) in [5.74, 6) is -3.92.